The Kier molecular flexibility index (Phi) is 3.78. The largest absolute Gasteiger partial charge is 0.344 e. The van der Waals surface area contributed by atoms with Crippen LogP contribution in [0.4, 0.5) is 5.69 Å². The lowest BCUT2D eigenvalue weighted by molar-refractivity contribution is 0.101. The SMILES string of the molecule is Cc1ccc(C(=O)Nc2ccc(Cl)c(Br)c2)n1C. The molecule has 2 rings (SSSR count). The summed E-state index contributed by atoms with van der Waals surface area (Å²) in [6.07, 6.45) is 0. The fourth-order valence-electron chi connectivity index (χ4n) is 1.61. The summed E-state index contributed by atoms with van der Waals surface area (Å²) in [5.74, 6) is -0.139. The number of carbonyl (C=O) groups excluding carboxylic acids is 1. The van der Waals surface area contributed by atoms with Gasteiger partial charge in [0.15, 0.2) is 0 Å². The average molecular weight is 328 g/mol. The Labute approximate surface area is 119 Å². The molecule has 0 atom stereocenters. The first-order chi connectivity index (χ1) is 8.49. The van der Waals surface area contributed by atoms with E-state index < -0.39 is 0 Å². The van der Waals surface area contributed by atoms with Crippen molar-refractivity contribution in [3.8, 4) is 0 Å². The zero-order chi connectivity index (χ0) is 13.3. The molecule has 1 amide bonds. The van der Waals surface area contributed by atoms with Gasteiger partial charge in [-0.2, -0.15) is 0 Å². The van der Waals surface area contributed by atoms with E-state index >= 15 is 0 Å². The van der Waals surface area contributed by atoms with Crippen LogP contribution in [-0.2, 0) is 7.05 Å². The Bertz CT molecular complexity index is 607. The predicted molar refractivity (Wildman–Crippen MR) is 77.3 cm³/mol. The molecule has 0 unspecified atom stereocenters. The molecule has 3 nitrogen and oxygen atoms in total. The number of amides is 1. The second kappa shape index (κ2) is 5.16. The van der Waals surface area contributed by atoms with Gasteiger partial charge < -0.3 is 9.88 Å². The molecule has 1 heterocycles. The molecule has 0 bridgehead atoms. The van der Waals surface area contributed by atoms with Crippen LogP contribution in [0.5, 0.6) is 0 Å². The fraction of sp³-hybridized carbons (Fsp3) is 0.154. The highest BCUT2D eigenvalue weighted by molar-refractivity contribution is 9.10. The molecular weight excluding hydrogens is 316 g/mol. The summed E-state index contributed by atoms with van der Waals surface area (Å²) >= 11 is 9.22. The van der Waals surface area contributed by atoms with Crippen LogP contribution < -0.4 is 5.32 Å². The summed E-state index contributed by atoms with van der Waals surface area (Å²) in [6, 6.07) is 8.98. The van der Waals surface area contributed by atoms with Crippen molar-refractivity contribution in [3.63, 3.8) is 0 Å². The van der Waals surface area contributed by atoms with E-state index in [1.807, 2.05) is 24.6 Å². The summed E-state index contributed by atoms with van der Waals surface area (Å²) in [7, 11) is 1.86. The first-order valence-electron chi connectivity index (χ1n) is 5.38. The molecule has 0 saturated heterocycles. The highest BCUT2D eigenvalue weighted by Gasteiger charge is 2.11. The highest BCUT2D eigenvalue weighted by atomic mass is 79.9. The number of nitrogens with zero attached hydrogens (tertiary/aromatic N) is 1. The third kappa shape index (κ3) is 2.60. The summed E-state index contributed by atoms with van der Waals surface area (Å²) in [5, 5.41) is 3.45. The first-order valence-corrected chi connectivity index (χ1v) is 6.55. The van der Waals surface area contributed by atoms with Crippen LogP contribution in [-0.4, -0.2) is 10.5 Å². The monoisotopic (exact) mass is 326 g/mol. The second-order valence-corrected chi connectivity index (χ2v) is 5.26. The molecule has 0 spiro atoms. The number of benzene rings is 1. The van der Waals surface area contributed by atoms with Gasteiger partial charge in [-0.25, -0.2) is 0 Å². The minimum Gasteiger partial charge on any atom is -0.344 e. The van der Waals surface area contributed by atoms with Gasteiger partial charge in [0.1, 0.15) is 5.69 Å². The lowest BCUT2D eigenvalue weighted by atomic mass is 10.3. The second-order valence-electron chi connectivity index (χ2n) is 4.00. The number of rotatable bonds is 2. The molecule has 18 heavy (non-hydrogen) atoms. The molecule has 0 aliphatic carbocycles. The third-order valence-electron chi connectivity index (χ3n) is 2.78. The molecule has 2 aromatic rings. The number of hydrogen-bond acceptors (Lipinski definition) is 1. The van der Waals surface area contributed by atoms with Gasteiger partial charge in [0.2, 0.25) is 0 Å². The normalized spacial score (nSPS) is 10.4. The van der Waals surface area contributed by atoms with Crippen LogP contribution in [0.25, 0.3) is 0 Å². The van der Waals surface area contributed by atoms with E-state index in [9.17, 15) is 4.79 Å². The van der Waals surface area contributed by atoms with Gasteiger partial charge in [0.05, 0.1) is 5.02 Å². The lowest BCUT2D eigenvalue weighted by Gasteiger charge is -2.08. The average Bonchev–Trinajstić information content (AvgIpc) is 2.65. The van der Waals surface area contributed by atoms with E-state index in [-0.39, 0.29) is 5.91 Å². The van der Waals surface area contributed by atoms with Crippen molar-refractivity contribution < 1.29 is 4.79 Å². The molecule has 5 heteroatoms. The minimum atomic E-state index is -0.139. The van der Waals surface area contributed by atoms with Crippen molar-refractivity contribution in [2.24, 2.45) is 7.05 Å². The van der Waals surface area contributed by atoms with E-state index in [0.29, 0.717) is 16.4 Å². The molecule has 0 aliphatic heterocycles. The smallest absolute Gasteiger partial charge is 0.272 e. The molecular formula is C13H12BrClN2O. The van der Waals surface area contributed by atoms with Crippen LogP contribution in [0.15, 0.2) is 34.8 Å². The fourth-order valence-corrected chi connectivity index (χ4v) is 2.11. The van der Waals surface area contributed by atoms with E-state index in [1.54, 1.807) is 24.3 Å². The lowest BCUT2D eigenvalue weighted by Crippen LogP contribution is -2.15. The maximum atomic E-state index is 12.1. The molecule has 0 radical (unpaired) electrons. The van der Waals surface area contributed by atoms with Gasteiger partial charge in [-0.3, -0.25) is 4.79 Å². The number of aromatic nitrogens is 1. The summed E-state index contributed by atoms with van der Waals surface area (Å²) in [5.41, 5.74) is 2.37. The minimum absolute atomic E-state index is 0.139. The number of halogens is 2. The Morgan fingerprint density at radius 1 is 1.33 bits per heavy atom. The highest BCUT2D eigenvalue weighted by Crippen LogP contribution is 2.25. The van der Waals surface area contributed by atoms with Crippen molar-refractivity contribution in [2.75, 3.05) is 5.32 Å². The van der Waals surface area contributed by atoms with E-state index in [1.165, 1.54) is 0 Å². The van der Waals surface area contributed by atoms with Crippen LogP contribution in [0, 0.1) is 6.92 Å². The zero-order valence-electron chi connectivity index (χ0n) is 10.00. The number of nitrogens with one attached hydrogen (secondary N) is 1. The van der Waals surface area contributed by atoms with Crippen molar-refractivity contribution in [3.05, 3.63) is 51.2 Å². The zero-order valence-corrected chi connectivity index (χ0v) is 12.3. The Morgan fingerprint density at radius 3 is 2.61 bits per heavy atom. The number of anilines is 1. The van der Waals surface area contributed by atoms with Gasteiger partial charge >= 0.3 is 0 Å². The van der Waals surface area contributed by atoms with Crippen LogP contribution in [0.3, 0.4) is 0 Å². The van der Waals surface area contributed by atoms with Crippen molar-refractivity contribution in [1.29, 1.82) is 0 Å². The molecule has 0 aliphatic rings. The Balaban J connectivity index is 2.21. The summed E-state index contributed by atoms with van der Waals surface area (Å²) in [6.45, 7) is 1.95. The maximum absolute atomic E-state index is 12.1. The van der Waals surface area contributed by atoms with E-state index in [0.717, 1.165) is 10.2 Å². The number of aryl methyl sites for hydroxylation is 1. The summed E-state index contributed by atoms with van der Waals surface area (Å²) < 4.78 is 2.60. The van der Waals surface area contributed by atoms with Gasteiger partial charge in [-0.1, -0.05) is 11.6 Å². The molecule has 1 N–H and O–H groups in total. The predicted octanol–water partition coefficient (Wildman–Crippen LogP) is 4.00. The van der Waals surface area contributed by atoms with Crippen molar-refractivity contribution >= 4 is 39.1 Å². The third-order valence-corrected chi connectivity index (χ3v) is 4.00. The van der Waals surface area contributed by atoms with E-state index in [2.05, 4.69) is 21.2 Å². The summed E-state index contributed by atoms with van der Waals surface area (Å²) in [4.78, 5) is 12.1. The van der Waals surface area contributed by atoms with Crippen LogP contribution >= 0.6 is 27.5 Å². The molecule has 1 aromatic heterocycles. The standard InChI is InChI=1S/C13H12BrClN2O/c1-8-3-6-12(17(8)2)13(18)16-9-4-5-11(15)10(14)7-9/h3-7H,1-2H3,(H,16,18). The topological polar surface area (TPSA) is 34.0 Å². The van der Waals surface area contributed by atoms with Gasteiger partial charge in [-0.15, -0.1) is 0 Å². The van der Waals surface area contributed by atoms with Crippen molar-refractivity contribution in [1.82, 2.24) is 4.57 Å². The quantitative estimate of drug-likeness (QED) is 0.888. The van der Waals surface area contributed by atoms with Crippen LogP contribution in [0.2, 0.25) is 5.02 Å². The molecule has 0 saturated carbocycles. The van der Waals surface area contributed by atoms with Crippen LogP contribution in [0.1, 0.15) is 16.2 Å². The van der Waals surface area contributed by atoms with Crippen molar-refractivity contribution in [2.45, 2.75) is 6.92 Å². The first kappa shape index (κ1) is 13.2. The maximum Gasteiger partial charge on any atom is 0.272 e. The van der Waals surface area contributed by atoms with E-state index in [4.69, 9.17) is 11.6 Å². The van der Waals surface area contributed by atoms with Gasteiger partial charge in [-0.05, 0) is 53.2 Å². The number of hydrogen-bond donors (Lipinski definition) is 1. The molecule has 94 valence electrons. The van der Waals surface area contributed by atoms with Gasteiger partial charge in [0.25, 0.3) is 5.91 Å². The Hall–Kier alpha value is -1.26. The van der Waals surface area contributed by atoms with Gasteiger partial charge in [0, 0.05) is 22.9 Å². The Morgan fingerprint density at radius 2 is 2.06 bits per heavy atom. The molecule has 0 fully saturated rings. The molecule has 1 aromatic carbocycles. The number of carbonyl (C=O) groups is 1.